The van der Waals surface area contributed by atoms with Crippen LogP contribution in [0.1, 0.15) is 53.0 Å². The van der Waals surface area contributed by atoms with Gasteiger partial charge in [0.25, 0.3) is 5.91 Å². The minimum atomic E-state index is -0.792. The lowest BCUT2D eigenvalue weighted by Gasteiger charge is -2.30. The van der Waals surface area contributed by atoms with Gasteiger partial charge >= 0.3 is 0 Å². The van der Waals surface area contributed by atoms with Gasteiger partial charge in [0.1, 0.15) is 11.6 Å². The van der Waals surface area contributed by atoms with E-state index in [0.29, 0.717) is 54.4 Å². The number of ether oxygens (including phenoxy) is 2. The van der Waals surface area contributed by atoms with Gasteiger partial charge in [0, 0.05) is 36.2 Å². The Morgan fingerprint density at radius 2 is 2.15 bits per heavy atom. The van der Waals surface area contributed by atoms with Crippen molar-refractivity contribution in [3.63, 3.8) is 0 Å². The molecule has 6 rings (SSSR count). The zero-order chi connectivity index (χ0) is 27.1. The number of carbonyl (C=O) groups excluding carboxylic acids is 1. The molecule has 1 aromatic carbocycles. The van der Waals surface area contributed by atoms with Crippen LogP contribution in [0, 0.1) is 11.3 Å². The number of nitrogens with one attached hydrogen (secondary N) is 1. The van der Waals surface area contributed by atoms with Crippen LogP contribution < -0.4 is 10.1 Å². The maximum atomic E-state index is 13.4. The van der Waals surface area contributed by atoms with Gasteiger partial charge in [0.15, 0.2) is 0 Å². The van der Waals surface area contributed by atoms with E-state index in [4.69, 9.17) is 14.5 Å². The van der Waals surface area contributed by atoms with Crippen molar-refractivity contribution in [1.29, 1.82) is 5.26 Å². The van der Waals surface area contributed by atoms with Crippen molar-refractivity contribution in [2.24, 2.45) is 0 Å². The first-order valence-corrected chi connectivity index (χ1v) is 12.8. The molecule has 0 spiro atoms. The molecule has 1 amide bonds. The van der Waals surface area contributed by atoms with Crippen molar-refractivity contribution in [3.05, 3.63) is 71.2 Å². The van der Waals surface area contributed by atoms with Crippen molar-refractivity contribution in [1.82, 2.24) is 25.1 Å². The normalized spacial score (nSPS) is 22.0. The number of amides is 1. The first-order valence-electron chi connectivity index (χ1n) is 12.8. The highest BCUT2D eigenvalue weighted by molar-refractivity contribution is 5.94. The van der Waals surface area contributed by atoms with Gasteiger partial charge in [-0.1, -0.05) is 6.07 Å². The fourth-order valence-corrected chi connectivity index (χ4v) is 5.10. The number of halogens is 1. The molecular weight excluding hydrogens is 499 g/mol. The Bertz CT molecular complexity index is 1620. The molecule has 10 heteroatoms. The molecular formula is C29H27FN6O3. The van der Waals surface area contributed by atoms with Gasteiger partial charge in [-0.25, -0.2) is 9.37 Å². The van der Waals surface area contributed by atoms with Crippen LogP contribution in [0.4, 0.5) is 4.39 Å². The van der Waals surface area contributed by atoms with Crippen LogP contribution in [0.2, 0.25) is 0 Å². The second-order valence-corrected chi connectivity index (χ2v) is 10.3. The molecule has 1 aliphatic heterocycles. The summed E-state index contributed by atoms with van der Waals surface area (Å²) in [5.41, 5.74) is 4.21. The van der Waals surface area contributed by atoms with E-state index < -0.39 is 11.6 Å². The molecule has 0 radical (unpaired) electrons. The zero-order valence-corrected chi connectivity index (χ0v) is 21.6. The third kappa shape index (κ3) is 4.59. The lowest BCUT2D eigenvalue weighted by Crippen LogP contribution is -2.33. The molecule has 3 aromatic heterocycles. The molecule has 4 heterocycles. The smallest absolute Gasteiger partial charge is 0.251 e. The lowest BCUT2D eigenvalue weighted by molar-refractivity contribution is 0.0757. The summed E-state index contributed by atoms with van der Waals surface area (Å²) in [6.45, 7) is 2.75. The largest absolute Gasteiger partial charge is 0.479 e. The molecule has 1 N–H and O–H groups in total. The van der Waals surface area contributed by atoms with E-state index in [-0.39, 0.29) is 18.5 Å². The average Bonchev–Trinajstić information content (AvgIpc) is 3.38. The van der Waals surface area contributed by atoms with Gasteiger partial charge in [0.2, 0.25) is 5.88 Å². The Labute approximate surface area is 224 Å². The summed E-state index contributed by atoms with van der Waals surface area (Å²) in [6.07, 6.45) is 3.70. The number of nitrogens with zero attached hydrogens (tertiary/aromatic N) is 5. The first-order chi connectivity index (χ1) is 18.9. The highest BCUT2D eigenvalue weighted by atomic mass is 19.1. The zero-order valence-electron chi connectivity index (χ0n) is 21.6. The minimum Gasteiger partial charge on any atom is -0.479 e. The monoisotopic (exact) mass is 526 g/mol. The summed E-state index contributed by atoms with van der Waals surface area (Å²) in [5.74, 6) is 0.187. The SMILES string of the molecule is COc1nn([C@H]2C[C@H](F)C2)cc1-c1ccc2cnc(CNC(=O)c3ccc4c(c3)[C@](C)(C#N)COC4)cc2n1. The summed E-state index contributed by atoms with van der Waals surface area (Å²) < 4.78 is 26.2. The minimum absolute atomic E-state index is 0.0274. The van der Waals surface area contributed by atoms with Crippen LogP contribution in [-0.4, -0.2) is 45.5 Å². The molecule has 1 aliphatic carbocycles. The second-order valence-electron chi connectivity index (χ2n) is 10.3. The molecule has 9 nitrogen and oxygen atoms in total. The van der Waals surface area contributed by atoms with Gasteiger partial charge in [-0.3, -0.25) is 14.5 Å². The molecule has 0 unspecified atom stereocenters. The topological polar surface area (TPSA) is 115 Å². The number of fused-ring (bicyclic) bond motifs is 2. The lowest BCUT2D eigenvalue weighted by atomic mass is 9.79. The number of methoxy groups -OCH3 is 1. The van der Waals surface area contributed by atoms with E-state index in [0.717, 1.165) is 22.1 Å². The first kappa shape index (κ1) is 24.9. The van der Waals surface area contributed by atoms with Crippen LogP contribution in [0.15, 0.2) is 48.8 Å². The second kappa shape index (κ2) is 9.75. The van der Waals surface area contributed by atoms with Crippen molar-refractivity contribution in [3.8, 4) is 23.2 Å². The Hall–Kier alpha value is -4.36. The quantitative estimate of drug-likeness (QED) is 0.396. The van der Waals surface area contributed by atoms with E-state index >= 15 is 0 Å². The standard InChI is InChI=1S/C29H27FN6O3/c1-29(15-31)16-39-14-19-4-3-17(7-24(19)29)27(37)33-12-21-10-26-18(11-32-21)5-6-25(34-26)23-13-36(35-28(23)38-2)22-8-20(30)9-22/h3-7,10-11,13,20,22H,8-9,12,14,16H2,1-2H3,(H,33,37)/t20-,22-,29-/m1/s1. The van der Waals surface area contributed by atoms with E-state index in [9.17, 15) is 14.4 Å². The van der Waals surface area contributed by atoms with E-state index in [1.807, 2.05) is 37.4 Å². The van der Waals surface area contributed by atoms with Crippen LogP contribution in [0.25, 0.3) is 22.2 Å². The highest BCUT2D eigenvalue weighted by Crippen LogP contribution is 2.38. The molecule has 198 valence electrons. The van der Waals surface area contributed by atoms with E-state index in [1.165, 1.54) is 0 Å². The Morgan fingerprint density at radius 1 is 1.31 bits per heavy atom. The Kier molecular flexibility index (Phi) is 6.23. The molecule has 39 heavy (non-hydrogen) atoms. The van der Waals surface area contributed by atoms with Crippen molar-refractivity contribution in [2.75, 3.05) is 13.7 Å². The number of alkyl halides is 1. The number of hydrogen-bond acceptors (Lipinski definition) is 7. The third-order valence-corrected chi connectivity index (χ3v) is 7.52. The van der Waals surface area contributed by atoms with Crippen LogP contribution in [-0.2, 0) is 23.3 Å². The highest BCUT2D eigenvalue weighted by Gasteiger charge is 2.34. The predicted molar refractivity (Wildman–Crippen MR) is 141 cm³/mol. The van der Waals surface area contributed by atoms with Crippen molar-refractivity contribution in [2.45, 2.75) is 50.5 Å². The van der Waals surface area contributed by atoms with Crippen LogP contribution in [0.3, 0.4) is 0 Å². The van der Waals surface area contributed by atoms with E-state index in [2.05, 4.69) is 21.5 Å². The number of benzene rings is 1. The number of aromatic nitrogens is 4. The van der Waals surface area contributed by atoms with Crippen LogP contribution >= 0.6 is 0 Å². The predicted octanol–water partition coefficient (Wildman–Crippen LogP) is 4.42. The summed E-state index contributed by atoms with van der Waals surface area (Å²) in [4.78, 5) is 22.2. The summed E-state index contributed by atoms with van der Waals surface area (Å²) >= 11 is 0. The summed E-state index contributed by atoms with van der Waals surface area (Å²) in [5, 5.41) is 17.9. The maximum absolute atomic E-state index is 13.4. The molecule has 0 saturated heterocycles. The number of carbonyl (C=O) groups is 1. The van der Waals surface area contributed by atoms with Crippen LogP contribution in [0.5, 0.6) is 5.88 Å². The summed E-state index contributed by atoms with van der Waals surface area (Å²) in [6, 6.07) is 13.4. The number of rotatable bonds is 6. The fraction of sp³-hybridized carbons (Fsp3) is 0.345. The number of hydrogen-bond donors (Lipinski definition) is 1. The molecule has 4 aromatic rings. The van der Waals surface area contributed by atoms with Gasteiger partial charge in [-0.15, -0.1) is 5.10 Å². The average molecular weight is 527 g/mol. The number of pyridine rings is 2. The third-order valence-electron chi connectivity index (χ3n) is 7.52. The number of nitriles is 1. The molecule has 1 fully saturated rings. The van der Waals surface area contributed by atoms with Gasteiger partial charge in [-0.05, 0) is 48.4 Å². The van der Waals surface area contributed by atoms with Crippen molar-refractivity contribution >= 4 is 16.8 Å². The molecule has 0 bridgehead atoms. The molecule has 2 aliphatic rings. The molecule has 1 saturated carbocycles. The van der Waals surface area contributed by atoms with Gasteiger partial charge < -0.3 is 14.8 Å². The summed E-state index contributed by atoms with van der Waals surface area (Å²) in [7, 11) is 1.55. The van der Waals surface area contributed by atoms with Gasteiger partial charge in [-0.2, -0.15) is 5.26 Å². The molecule has 1 atom stereocenters. The van der Waals surface area contributed by atoms with Gasteiger partial charge in [0.05, 0.1) is 61.4 Å². The van der Waals surface area contributed by atoms with E-state index in [1.54, 1.807) is 30.1 Å². The maximum Gasteiger partial charge on any atom is 0.251 e. The van der Waals surface area contributed by atoms with Crippen molar-refractivity contribution < 1.29 is 18.7 Å². The Morgan fingerprint density at radius 3 is 2.92 bits per heavy atom. The fourth-order valence-electron chi connectivity index (χ4n) is 5.10. The Balaban J connectivity index is 1.21.